The lowest BCUT2D eigenvalue weighted by Gasteiger charge is -2.46. The molecule has 5 nitrogen and oxygen atoms in total. The highest BCUT2D eigenvalue weighted by molar-refractivity contribution is 7.00. The first-order valence-corrected chi connectivity index (χ1v) is 37.7. The van der Waals surface area contributed by atoms with Crippen molar-refractivity contribution in [3.63, 3.8) is 0 Å². The Kier molecular flexibility index (Phi) is 15.5. The molecule has 106 heavy (non-hydrogen) atoms. The Morgan fingerprint density at radius 1 is 0.236 bits per heavy atom. The van der Waals surface area contributed by atoms with Gasteiger partial charge in [-0.25, -0.2) is 0 Å². The summed E-state index contributed by atoms with van der Waals surface area (Å²) in [5.74, 6) is 0. The van der Waals surface area contributed by atoms with Gasteiger partial charge in [-0.05, 0) is 209 Å². The third-order valence-electron chi connectivity index (χ3n) is 22.4. The van der Waals surface area contributed by atoms with E-state index < -0.39 is 0 Å². The summed E-state index contributed by atoms with van der Waals surface area (Å²) in [6.07, 6.45) is 0. The zero-order valence-corrected chi connectivity index (χ0v) is 62.8. The van der Waals surface area contributed by atoms with Gasteiger partial charge in [-0.15, -0.1) is 0 Å². The Hall–Kier alpha value is -11.9. The lowest BCUT2D eigenvalue weighted by molar-refractivity contribution is 0.568. The van der Waals surface area contributed by atoms with Crippen molar-refractivity contribution in [2.45, 2.75) is 105 Å². The van der Waals surface area contributed by atoms with Crippen molar-refractivity contribution in [2.75, 3.05) is 14.7 Å². The molecule has 0 fully saturated rings. The first-order chi connectivity index (χ1) is 51.1. The fourth-order valence-electron chi connectivity index (χ4n) is 16.7. The maximum Gasteiger partial charge on any atom is 0.252 e. The third-order valence-corrected chi connectivity index (χ3v) is 22.4. The monoisotopic (exact) mass is 1370 g/mol. The second-order valence-electron chi connectivity index (χ2n) is 33.5. The van der Waals surface area contributed by atoms with E-state index in [9.17, 15) is 0 Å². The van der Waals surface area contributed by atoms with Crippen LogP contribution in [0.25, 0.3) is 88.4 Å². The van der Waals surface area contributed by atoms with Crippen LogP contribution in [-0.4, -0.2) is 15.8 Å². The minimum Gasteiger partial charge on any atom is -0.311 e. The quantitative estimate of drug-likeness (QED) is 0.127. The molecule has 0 saturated heterocycles. The standard InChI is InChI=1S/C100H88BN5/c1-97(2,3)71-55-72(98(4,5)6)58-79(57-71)105-92-61-77(103-88-37-25-22-34-82(88)83-35-23-26-38-89(83)103)49-51-86(92)101-87-52-50-78(104-90-39-27-24-36-84(90)85-54-70(44-53-91(85)104)67-32-20-15-21-33-67)62-93(87)106(80-59-73(99(7,8)9)56-74(60-80)100(10,11)12)95-64-81(63-94(105)96(95)101)102(75-45-40-68(41-46-75)65-28-16-13-17-29-65)76-47-42-69(43-48-76)66-30-18-14-19-31-66/h13-64H,1-12H3. The van der Waals surface area contributed by atoms with E-state index in [2.05, 4.69) is 422 Å². The van der Waals surface area contributed by atoms with Crippen molar-refractivity contribution in [1.29, 1.82) is 0 Å². The van der Waals surface area contributed by atoms with Crippen LogP contribution in [0.15, 0.2) is 315 Å². The summed E-state index contributed by atoms with van der Waals surface area (Å²) in [5.41, 5.74) is 32.0. The molecule has 0 bridgehead atoms. The molecule has 0 spiro atoms. The molecule has 0 atom stereocenters. The number of anilines is 9. The van der Waals surface area contributed by atoms with Gasteiger partial charge >= 0.3 is 0 Å². The van der Waals surface area contributed by atoms with Gasteiger partial charge in [-0.2, -0.15) is 0 Å². The zero-order chi connectivity index (χ0) is 72.7. The fourth-order valence-corrected chi connectivity index (χ4v) is 16.7. The van der Waals surface area contributed by atoms with E-state index in [1.165, 1.54) is 93.5 Å². The van der Waals surface area contributed by atoms with E-state index in [-0.39, 0.29) is 28.4 Å². The number of para-hydroxylation sites is 3. The first-order valence-electron chi connectivity index (χ1n) is 37.7. The Morgan fingerprint density at radius 2 is 0.557 bits per heavy atom. The molecule has 18 rings (SSSR count). The highest BCUT2D eigenvalue weighted by Gasteiger charge is 2.45. The van der Waals surface area contributed by atoms with Crippen LogP contribution in [-0.2, 0) is 21.7 Å². The summed E-state index contributed by atoms with van der Waals surface area (Å²) in [4.78, 5) is 7.87. The van der Waals surface area contributed by atoms with E-state index in [1.807, 2.05) is 0 Å². The first kappa shape index (κ1) is 66.1. The van der Waals surface area contributed by atoms with Crippen LogP contribution in [0.4, 0.5) is 51.2 Å². The predicted octanol–water partition coefficient (Wildman–Crippen LogP) is 25.6. The second kappa shape index (κ2) is 24.9. The summed E-state index contributed by atoms with van der Waals surface area (Å²) >= 11 is 0. The van der Waals surface area contributed by atoms with Gasteiger partial charge in [0.05, 0.1) is 27.8 Å². The molecule has 2 aliphatic rings. The third kappa shape index (κ3) is 11.3. The summed E-state index contributed by atoms with van der Waals surface area (Å²) in [6, 6.07) is 120. The van der Waals surface area contributed by atoms with Gasteiger partial charge in [0.1, 0.15) is 0 Å². The van der Waals surface area contributed by atoms with Gasteiger partial charge in [-0.3, -0.25) is 0 Å². The Labute approximate surface area is 625 Å². The minimum atomic E-state index is -0.228. The van der Waals surface area contributed by atoms with Crippen molar-refractivity contribution in [3.05, 3.63) is 338 Å². The second-order valence-corrected chi connectivity index (χ2v) is 33.5. The van der Waals surface area contributed by atoms with E-state index in [0.29, 0.717) is 0 Å². The van der Waals surface area contributed by atoms with Crippen LogP contribution >= 0.6 is 0 Å². The highest BCUT2D eigenvalue weighted by atomic mass is 15.2. The maximum atomic E-state index is 2.68. The number of hydrogen-bond acceptors (Lipinski definition) is 3. The molecular weight excluding hydrogens is 1280 g/mol. The topological polar surface area (TPSA) is 19.6 Å². The lowest BCUT2D eigenvalue weighted by atomic mass is 9.33. The molecule has 6 heteroatoms. The van der Waals surface area contributed by atoms with Crippen molar-refractivity contribution < 1.29 is 0 Å². The van der Waals surface area contributed by atoms with Crippen LogP contribution in [0, 0.1) is 0 Å². The predicted molar refractivity (Wildman–Crippen MR) is 455 cm³/mol. The number of fused-ring (bicyclic) bond motifs is 10. The van der Waals surface area contributed by atoms with Crippen molar-refractivity contribution >= 4 is 118 Å². The lowest BCUT2D eigenvalue weighted by Crippen LogP contribution is -2.61. The summed E-state index contributed by atoms with van der Waals surface area (Å²) < 4.78 is 5.02. The zero-order valence-electron chi connectivity index (χ0n) is 62.8. The fraction of sp³-hybridized carbons (Fsp3) is 0.160. The van der Waals surface area contributed by atoms with Gasteiger partial charge < -0.3 is 23.8 Å². The number of aromatic nitrogens is 2. The summed E-state index contributed by atoms with van der Waals surface area (Å²) in [6.45, 7) is 28.2. The van der Waals surface area contributed by atoms with E-state index >= 15 is 0 Å². The van der Waals surface area contributed by atoms with Crippen LogP contribution in [0.2, 0.25) is 0 Å². The molecule has 0 saturated carbocycles. The molecule has 0 unspecified atom stereocenters. The molecule has 0 N–H and O–H groups in total. The number of rotatable bonds is 10. The van der Waals surface area contributed by atoms with Crippen LogP contribution in [0.1, 0.15) is 105 Å². The molecule has 2 aromatic heterocycles. The molecule has 516 valence electrons. The Balaban J connectivity index is 0.988. The van der Waals surface area contributed by atoms with E-state index in [4.69, 9.17) is 0 Å². The van der Waals surface area contributed by atoms with Crippen LogP contribution in [0.5, 0.6) is 0 Å². The molecule has 0 radical (unpaired) electrons. The summed E-state index contributed by atoms with van der Waals surface area (Å²) in [7, 11) is 0. The normalized spacial score (nSPS) is 13.0. The SMILES string of the molecule is CC(C)(C)c1cc(N2c3cc(-n4c5ccccc5c5ccccc54)ccc3B3c4ccc(-n5c6ccccc6c6cc(-c7ccccc7)ccc65)cc4N(c4cc(C(C)(C)C)cc(C(C)(C)C)c4)c4cc(N(c5ccc(-c6ccccc6)cc5)c5ccc(-c6ccccc6)cc5)cc2c43)cc(C(C)(C)C)c1. The Bertz CT molecular complexity index is 5910. The molecule has 0 amide bonds. The minimum absolute atomic E-state index is 0.186. The van der Waals surface area contributed by atoms with Gasteiger partial charge in [-0.1, -0.05) is 283 Å². The molecule has 16 aromatic rings. The maximum absolute atomic E-state index is 2.68. The average molecular weight is 1370 g/mol. The van der Waals surface area contributed by atoms with E-state index in [0.717, 1.165) is 84.7 Å². The van der Waals surface area contributed by atoms with E-state index in [1.54, 1.807) is 0 Å². The Morgan fingerprint density at radius 3 is 0.934 bits per heavy atom. The molecule has 4 heterocycles. The molecular formula is C100H88BN5. The van der Waals surface area contributed by atoms with Crippen LogP contribution < -0.4 is 31.1 Å². The molecule has 0 aliphatic carbocycles. The van der Waals surface area contributed by atoms with Crippen molar-refractivity contribution in [2.24, 2.45) is 0 Å². The van der Waals surface area contributed by atoms with Gasteiger partial charge in [0, 0.05) is 78.4 Å². The smallest absolute Gasteiger partial charge is 0.252 e. The molecule has 14 aromatic carbocycles. The molecule has 2 aliphatic heterocycles. The van der Waals surface area contributed by atoms with Crippen molar-refractivity contribution in [1.82, 2.24) is 9.13 Å². The largest absolute Gasteiger partial charge is 0.311 e. The summed E-state index contributed by atoms with van der Waals surface area (Å²) in [5, 5.41) is 4.90. The number of nitrogens with zero attached hydrogens (tertiary/aromatic N) is 5. The van der Waals surface area contributed by atoms with Crippen molar-refractivity contribution in [3.8, 4) is 44.8 Å². The van der Waals surface area contributed by atoms with Gasteiger partial charge in [0.15, 0.2) is 0 Å². The number of benzene rings is 14. The van der Waals surface area contributed by atoms with Gasteiger partial charge in [0.25, 0.3) is 6.71 Å². The highest BCUT2D eigenvalue weighted by Crippen LogP contribution is 2.52. The van der Waals surface area contributed by atoms with Crippen LogP contribution in [0.3, 0.4) is 0 Å². The van der Waals surface area contributed by atoms with Gasteiger partial charge in [0.2, 0.25) is 0 Å². The number of hydrogen-bond donors (Lipinski definition) is 0. The average Bonchev–Trinajstić information content (AvgIpc) is 0.776.